The Hall–Kier alpha value is -2.08. The van der Waals surface area contributed by atoms with E-state index in [9.17, 15) is 9.59 Å². The van der Waals surface area contributed by atoms with Crippen LogP contribution in [0.3, 0.4) is 0 Å². The summed E-state index contributed by atoms with van der Waals surface area (Å²) in [6.45, 7) is 3.35. The van der Waals surface area contributed by atoms with Crippen LogP contribution in [0.15, 0.2) is 18.2 Å². The molecular formula is C16H23N3O3. The largest absolute Gasteiger partial charge is 0.465 e. The van der Waals surface area contributed by atoms with E-state index in [1.807, 2.05) is 25.9 Å². The normalized spacial score (nSPS) is 17.7. The van der Waals surface area contributed by atoms with Crippen LogP contribution >= 0.6 is 0 Å². The molecule has 6 nitrogen and oxygen atoms in total. The molecular weight excluding hydrogens is 282 g/mol. The van der Waals surface area contributed by atoms with Crippen LogP contribution in [0.25, 0.3) is 0 Å². The number of nitrogens with one attached hydrogen (secondary N) is 1. The first kappa shape index (κ1) is 16.3. The summed E-state index contributed by atoms with van der Waals surface area (Å²) in [6.07, 6.45) is 0.987. The highest BCUT2D eigenvalue weighted by molar-refractivity contribution is 5.93. The van der Waals surface area contributed by atoms with Crippen molar-refractivity contribution in [3.63, 3.8) is 0 Å². The van der Waals surface area contributed by atoms with Gasteiger partial charge in [-0.3, -0.25) is 0 Å². The second kappa shape index (κ2) is 6.79. The van der Waals surface area contributed by atoms with E-state index in [-0.39, 0.29) is 12.0 Å². The lowest BCUT2D eigenvalue weighted by Gasteiger charge is -2.21. The van der Waals surface area contributed by atoms with Crippen LogP contribution in [-0.2, 0) is 4.74 Å². The molecule has 120 valence electrons. The quantitative estimate of drug-likeness (QED) is 0.867. The highest BCUT2D eigenvalue weighted by Crippen LogP contribution is 2.19. The second-order valence-electron chi connectivity index (χ2n) is 5.80. The number of likely N-dealkylation sites (N-methyl/N-ethyl adjacent to an activating group) is 1. The van der Waals surface area contributed by atoms with Crippen molar-refractivity contribution in [2.75, 3.05) is 39.6 Å². The number of anilines is 1. The predicted octanol–water partition coefficient (Wildman–Crippen LogP) is 1.95. The number of hydrogen-bond acceptors (Lipinski definition) is 4. The number of likely N-dealkylation sites (tertiary alicyclic amines) is 1. The monoisotopic (exact) mass is 305 g/mol. The molecule has 1 heterocycles. The molecule has 0 saturated carbocycles. The number of hydrogen-bond donors (Lipinski definition) is 1. The maximum absolute atomic E-state index is 12.3. The van der Waals surface area contributed by atoms with Gasteiger partial charge in [0.25, 0.3) is 0 Å². The number of aryl methyl sites for hydroxylation is 1. The predicted molar refractivity (Wildman–Crippen MR) is 85.2 cm³/mol. The second-order valence-corrected chi connectivity index (χ2v) is 5.80. The fourth-order valence-electron chi connectivity index (χ4n) is 2.59. The van der Waals surface area contributed by atoms with Gasteiger partial charge in [-0.2, -0.15) is 0 Å². The van der Waals surface area contributed by atoms with Gasteiger partial charge < -0.3 is 19.9 Å². The van der Waals surface area contributed by atoms with Crippen LogP contribution in [0.1, 0.15) is 22.3 Å². The molecule has 1 N–H and O–H groups in total. The third kappa shape index (κ3) is 3.57. The number of ether oxygens (including phenoxy) is 1. The number of rotatable bonds is 3. The summed E-state index contributed by atoms with van der Waals surface area (Å²) >= 11 is 0. The van der Waals surface area contributed by atoms with Crippen LogP contribution in [0.4, 0.5) is 10.5 Å². The molecule has 1 unspecified atom stereocenters. The molecule has 2 rings (SSSR count). The van der Waals surface area contributed by atoms with E-state index >= 15 is 0 Å². The Morgan fingerprint density at radius 3 is 2.64 bits per heavy atom. The molecule has 0 spiro atoms. The Morgan fingerprint density at radius 1 is 1.36 bits per heavy atom. The fraction of sp³-hybridized carbons (Fsp3) is 0.500. The zero-order chi connectivity index (χ0) is 16.3. The number of carbonyl (C=O) groups is 2. The lowest BCUT2D eigenvalue weighted by Crippen LogP contribution is -2.36. The number of methoxy groups -OCH3 is 1. The van der Waals surface area contributed by atoms with Gasteiger partial charge in [0.1, 0.15) is 0 Å². The standard InChI is InChI=1S/C16H23N3O3/c1-11-9-12(15(20)22-4)5-6-14(11)17-16(21)19-8-7-13(10-19)18(2)3/h5-6,9,13H,7-8,10H2,1-4H3,(H,17,21). The topological polar surface area (TPSA) is 61.9 Å². The summed E-state index contributed by atoms with van der Waals surface area (Å²) in [4.78, 5) is 27.8. The third-order valence-electron chi connectivity index (χ3n) is 4.07. The van der Waals surface area contributed by atoms with Crippen molar-refractivity contribution in [3.8, 4) is 0 Å². The van der Waals surface area contributed by atoms with E-state index in [0.29, 0.717) is 17.3 Å². The van der Waals surface area contributed by atoms with Crippen LogP contribution in [0, 0.1) is 6.92 Å². The SMILES string of the molecule is COC(=O)c1ccc(NC(=O)N2CCC(N(C)C)C2)c(C)c1. The molecule has 6 heteroatoms. The fourth-order valence-corrected chi connectivity index (χ4v) is 2.59. The smallest absolute Gasteiger partial charge is 0.337 e. The molecule has 1 atom stereocenters. The Morgan fingerprint density at radius 2 is 2.09 bits per heavy atom. The summed E-state index contributed by atoms with van der Waals surface area (Å²) in [5.74, 6) is -0.380. The summed E-state index contributed by atoms with van der Waals surface area (Å²) in [7, 11) is 5.41. The number of urea groups is 1. The number of amides is 2. The van der Waals surface area contributed by atoms with E-state index < -0.39 is 0 Å². The first-order chi connectivity index (χ1) is 10.4. The third-order valence-corrected chi connectivity index (χ3v) is 4.07. The van der Waals surface area contributed by atoms with Gasteiger partial charge in [0, 0.05) is 24.8 Å². The van der Waals surface area contributed by atoms with E-state index in [1.54, 1.807) is 18.2 Å². The van der Waals surface area contributed by atoms with Gasteiger partial charge in [0.2, 0.25) is 0 Å². The molecule has 22 heavy (non-hydrogen) atoms. The molecule has 1 aromatic rings. The molecule has 0 bridgehead atoms. The first-order valence-electron chi connectivity index (χ1n) is 7.33. The molecule has 1 aromatic carbocycles. The van der Waals surface area contributed by atoms with Crippen LogP contribution in [0.5, 0.6) is 0 Å². The maximum atomic E-state index is 12.3. The lowest BCUT2D eigenvalue weighted by atomic mass is 10.1. The number of nitrogens with zero attached hydrogens (tertiary/aromatic N) is 2. The van der Waals surface area contributed by atoms with Crippen molar-refractivity contribution in [3.05, 3.63) is 29.3 Å². The van der Waals surface area contributed by atoms with Crippen molar-refractivity contribution >= 4 is 17.7 Å². The zero-order valence-electron chi connectivity index (χ0n) is 13.5. The Balaban J connectivity index is 2.02. The van der Waals surface area contributed by atoms with E-state index in [4.69, 9.17) is 0 Å². The highest BCUT2D eigenvalue weighted by atomic mass is 16.5. The summed E-state index contributed by atoms with van der Waals surface area (Å²) in [5, 5.41) is 2.91. The first-order valence-corrected chi connectivity index (χ1v) is 7.33. The maximum Gasteiger partial charge on any atom is 0.337 e. The Labute approximate surface area is 131 Å². The highest BCUT2D eigenvalue weighted by Gasteiger charge is 2.27. The van der Waals surface area contributed by atoms with Gasteiger partial charge in [-0.15, -0.1) is 0 Å². The number of carbonyl (C=O) groups excluding carboxylic acids is 2. The molecule has 1 aliphatic rings. The Kier molecular flexibility index (Phi) is 5.03. The number of esters is 1. The van der Waals surface area contributed by atoms with Crippen LogP contribution < -0.4 is 5.32 Å². The average molecular weight is 305 g/mol. The minimum absolute atomic E-state index is 0.0988. The van der Waals surface area contributed by atoms with Gasteiger partial charge in [0.15, 0.2) is 0 Å². The minimum Gasteiger partial charge on any atom is -0.465 e. The number of benzene rings is 1. The summed E-state index contributed by atoms with van der Waals surface area (Å²) < 4.78 is 4.69. The van der Waals surface area contributed by atoms with Crippen LogP contribution in [0.2, 0.25) is 0 Å². The van der Waals surface area contributed by atoms with E-state index in [1.165, 1.54) is 7.11 Å². The van der Waals surface area contributed by atoms with Crippen molar-refractivity contribution in [1.29, 1.82) is 0 Å². The molecule has 1 fully saturated rings. The Bertz CT molecular complexity index is 572. The average Bonchev–Trinajstić information content (AvgIpc) is 2.98. The van der Waals surface area contributed by atoms with Crippen molar-refractivity contribution in [2.24, 2.45) is 0 Å². The summed E-state index contributed by atoms with van der Waals surface area (Å²) in [5.41, 5.74) is 2.03. The van der Waals surface area contributed by atoms with Gasteiger partial charge in [-0.05, 0) is 51.2 Å². The minimum atomic E-state index is -0.380. The molecule has 1 aliphatic heterocycles. The molecule has 0 aliphatic carbocycles. The summed E-state index contributed by atoms with van der Waals surface area (Å²) in [6, 6.07) is 5.42. The van der Waals surface area contributed by atoms with Gasteiger partial charge in [-0.25, -0.2) is 9.59 Å². The van der Waals surface area contributed by atoms with Gasteiger partial charge in [0.05, 0.1) is 12.7 Å². The van der Waals surface area contributed by atoms with Gasteiger partial charge >= 0.3 is 12.0 Å². The van der Waals surface area contributed by atoms with Crippen molar-refractivity contribution < 1.29 is 14.3 Å². The lowest BCUT2D eigenvalue weighted by molar-refractivity contribution is 0.0600. The molecule has 2 amide bonds. The molecule has 0 radical (unpaired) electrons. The molecule has 0 aromatic heterocycles. The van der Waals surface area contributed by atoms with E-state index in [0.717, 1.165) is 25.1 Å². The van der Waals surface area contributed by atoms with Gasteiger partial charge in [-0.1, -0.05) is 0 Å². The van der Waals surface area contributed by atoms with Crippen molar-refractivity contribution in [2.45, 2.75) is 19.4 Å². The van der Waals surface area contributed by atoms with Crippen molar-refractivity contribution in [1.82, 2.24) is 9.80 Å². The molecule has 1 saturated heterocycles. The zero-order valence-corrected chi connectivity index (χ0v) is 13.5. The van der Waals surface area contributed by atoms with Crippen LogP contribution in [-0.4, -0.2) is 62.1 Å². The van der Waals surface area contributed by atoms with E-state index in [2.05, 4.69) is 15.0 Å².